The van der Waals surface area contributed by atoms with E-state index in [0.29, 0.717) is 38.8 Å². The van der Waals surface area contributed by atoms with Crippen molar-refractivity contribution < 1.29 is 9.68 Å². The third kappa shape index (κ3) is 2.49. The Morgan fingerprint density at radius 1 is 1.12 bits per heavy atom. The summed E-state index contributed by atoms with van der Waals surface area (Å²) in [4.78, 5) is 23.4. The number of hydroxylamine groups is 2. The fourth-order valence-corrected chi connectivity index (χ4v) is 3.10. The molecule has 0 amide bonds. The Labute approximate surface area is 144 Å². The molecular weight excluding hydrogens is 322 g/mol. The van der Waals surface area contributed by atoms with Gasteiger partial charge in [-0.1, -0.05) is 25.1 Å². The van der Waals surface area contributed by atoms with Crippen LogP contribution in [0, 0.1) is 20.2 Å². The minimum absolute atomic E-state index is 0.0906. The van der Waals surface area contributed by atoms with E-state index in [0.717, 1.165) is 0 Å². The Balaban J connectivity index is 2.10. The molecular formula is C18H17N3O4. The maximum absolute atomic E-state index is 13.1. The minimum Gasteiger partial charge on any atom is -0.753 e. The third-order valence-corrected chi connectivity index (χ3v) is 4.52. The number of allylic oxidation sites excluding steroid dienone is 1. The maximum atomic E-state index is 13.1. The summed E-state index contributed by atoms with van der Waals surface area (Å²) in [6.45, 7) is 3.35. The number of rotatable bonds is 4. The van der Waals surface area contributed by atoms with Gasteiger partial charge in [-0.05, 0) is 30.7 Å². The van der Waals surface area contributed by atoms with Crippen LogP contribution in [0.1, 0.15) is 31.4 Å². The number of nitro benzene ring substituents is 1. The van der Waals surface area contributed by atoms with E-state index in [2.05, 4.69) is 0 Å². The molecule has 1 aliphatic rings. The van der Waals surface area contributed by atoms with E-state index in [1.165, 1.54) is 31.2 Å². The average Bonchev–Trinajstić information content (AvgIpc) is 2.84. The number of nitro groups is 1. The van der Waals surface area contributed by atoms with Crippen LogP contribution in [0.4, 0.5) is 5.69 Å². The van der Waals surface area contributed by atoms with Gasteiger partial charge in [0.2, 0.25) is 0 Å². The first-order valence-corrected chi connectivity index (χ1v) is 7.89. The highest BCUT2D eigenvalue weighted by Crippen LogP contribution is 2.45. The van der Waals surface area contributed by atoms with Gasteiger partial charge in [-0.25, -0.2) is 0 Å². The first-order chi connectivity index (χ1) is 11.9. The van der Waals surface area contributed by atoms with Gasteiger partial charge in [-0.3, -0.25) is 10.1 Å². The fourth-order valence-electron chi connectivity index (χ4n) is 3.10. The van der Waals surface area contributed by atoms with E-state index >= 15 is 0 Å². The van der Waals surface area contributed by atoms with Crippen LogP contribution in [-0.4, -0.2) is 14.7 Å². The van der Waals surface area contributed by atoms with Gasteiger partial charge in [0.05, 0.1) is 20.9 Å². The Hall–Kier alpha value is -3.06. The Morgan fingerprint density at radius 2 is 1.72 bits per heavy atom. The molecule has 2 aromatic rings. The van der Waals surface area contributed by atoms with E-state index in [9.17, 15) is 20.2 Å². The van der Waals surface area contributed by atoms with E-state index in [1.807, 2.05) is 13.0 Å². The highest BCUT2D eigenvalue weighted by atomic mass is 16.6. The van der Waals surface area contributed by atoms with Crippen molar-refractivity contribution in [3.05, 3.63) is 91.6 Å². The Bertz CT molecular complexity index is 862. The first-order valence-electron chi connectivity index (χ1n) is 7.89. The highest BCUT2D eigenvalue weighted by Gasteiger charge is 2.55. The van der Waals surface area contributed by atoms with Crippen LogP contribution in [0.25, 0.3) is 5.70 Å². The zero-order valence-electron chi connectivity index (χ0n) is 13.9. The Morgan fingerprint density at radius 3 is 2.24 bits per heavy atom. The topological polar surface area (TPSA) is 89.5 Å². The summed E-state index contributed by atoms with van der Waals surface area (Å²) in [6.07, 6.45) is 0.398. The highest BCUT2D eigenvalue weighted by molar-refractivity contribution is 5.64. The maximum Gasteiger partial charge on any atom is 0.306 e. The number of hydrogen-bond acceptors (Lipinski definition) is 5. The molecule has 7 nitrogen and oxygen atoms in total. The van der Waals surface area contributed by atoms with Crippen molar-refractivity contribution in [2.45, 2.75) is 25.9 Å². The van der Waals surface area contributed by atoms with Gasteiger partial charge >= 0.3 is 5.66 Å². The van der Waals surface area contributed by atoms with Crippen LogP contribution >= 0.6 is 0 Å². The van der Waals surface area contributed by atoms with Gasteiger partial charge in [-0.2, -0.15) is 0 Å². The molecule has 128 valence electrons. The molecule has 0 fully saturated rings. The predicted octanol–water partition coefficient (Wildman–Crippen LogP) is 4.14. The first kappa shape index (κ1) is 16.8. The fraction of sp³-hybridized carbons (Fsp3) is 0.222. The second-order valence-electron chi connectivity index (χ2n) is 5.93. The second kappa shape index (κ2) is 6.10. The van der Waals surface area contributed by atoms with Crippen molar-refractivity contribution in [2.24, 2.45) is 0 Å². The molecule has 0 saturated heterocycles. The molecule has 3 rings (SSSR count). The van der Waals surface area contributed by atoms with E-state index in [1.54, 1.807) is 24.3 Å². The van der Waals surface area contributed by atoms with E-state index < -0.39 is 10.6 Å². The van der Waals surface area contributed by atoms with Crippen molar-refractivity contribution in [1.29, 1.82) is 0 Å². The minimum atomic E-state index is -1.51. The molecule has 0 aromatic heterocycles. The molecule has 1 atom stereocenters. The zero-order valence-corrected chi connectivity index (χ0v) is 13.9. The smallest absolute Gasteiger partial charge is 0.306 e. The third-order valence-electron chi connectivity index (χ3n) is 4.52. The van der Waals surface area contributed by atoms with Crippen LogP contribution in [0.15, 0.2) is 60.3 Å². The zero-order chi connectivity index (χ0) is 18.2. The van der Waals surface area contributed by atoms with Gasteiger partial charge in [0.1, 0.15) is 0 Å². The Kier molecular flexibility index (Phi) is 4.10. The van der Waals surface area contributed by atoms with Crippen LogP contribution < -0.4 is 0 Å². The van der Waals surface area contributed by atoms with Crippen LogP contribution in [0.2, 0.25) is 0 Å². The summed E-state index contributed by atoms with van der Waals surface area (Å²) in [6, 6.07) is 14.5. The summed E-state index contributed by atoms with van der Waals surface area (Å²) in [5.74, 6) is 0. The van der Waals surface area contributed by atoms with Crippen molar-refractivity contribution in [2.75, 3.05) is 0 Å². The second-order valence-corrected chi connectivity index (χ2v) is 5.93. The normalized spacial score (nSPS) is 20.3. The largest absolute Gasteiger partial charge is 0.753 e. The predicted molar refractivity (Wildman–Crippen MR) is 92.9 cm³/mol. The molecule has 1 unspecified atom stereocenters. The molecule has 1 aliphatic heterocycles. The van der Waals surface area contributed by atoms with Crippen LogP contribution in [0.3, 0.4) is 0 Å². The molecule has 0 saturated carbocycles. The molecule has 0 bridgehead atoms. The molecule has 1 heterocycles. The lowest BCUT2D eigenvalue weighted by Crippen LogP contribution is -2.41. The van der Waals surface area contributed by atoms with Gasteiger partial charge in [0, 0.05) is 29.5 Å². The molecule has 0 N–H and O–H groups in total. The van der Waals surface area contributed by atoms with Gasteiger partial charge in [-0.15, -0.1) is 0 Å². The van der Waals surface area contributed by atoms with Crippen molar-refractivity contribution in [1.82, 2.24) is 5.06 Å². The average molecular weight is 339 g/mol. The summed E-state index contributed by atoms with van der Waals surface area (Å²) in [5, 5.41) is 24.5. The van der Waals surface area contributed by atoms with E-state index in [4.69, 9.17) is 0 Å². The van der Waals surface area contributed by atoms with Gasteiger partial charge in [0.15, 0.2) is 0 Å². The molecule has 0 aliphatic carbocycles. The molecule has 7 heteroatoms. The number of nitrogens with zero attached hydrogens (tertiary/aromatic N) is 3. The quantitative estimate of drug-likeness (QED) is 0.474. The lowest BCUT2D eigenvalue weighted by molar-refractivity contribution is -0.565. The number of nitroso groups, excluding NO2 is 1. The summed E-state index contributed by atoms with van der Waals surface area (Å²) in [5.41, 5.74) is 0.195. The number of non-ortho nitro benzene ring substituents is 1. The van der Waals surface area contributed by atoms with E-state index in [-0.39, 0.29) is 5.69 Å². The van der Waals surface area contributed by atoms with Crippen LogP contribution in [-0.2, 0) is 5.66 Å². The SMILES string of the molecule is CCC1=C(c2ccccc2)[N+](=O)C(C)(c2ccc([N+](=O)[O-])cc2)N1[O-]. The molecule has 25 heavy (non-hydrogen) atoms. The number of benzene rings is 2. The van der Waals surface area contributed by atoms with Crippen molar-refractivity contribution in [3.63, 3.8) is 0 Å². The lowest BCUT2D eigenvalue weighted by atomic mass is 10.0. The van der Waals surface area contributed by atoms with Crippen molar-refractivity contribution >= 4 is 11.4 Å². The monoisotopic (exact) mass is 339 g/mol. The van der Waals surface area contributed by atoms with Gasteiger partial charge in [0.25, 0.3) is 11.4 Å². The summed E-state index contributed by atoms with van der Waals surface area (Å²) in [7, 11) is 0. The molecule has 2 aromatic carbocycles. The molecule has 0 radical (unpaired) electrons. The summed E-state index contributed by atoms with van der Waals surface area (Å²) >= 11 is 0. The lowest BCUT2D eigenvalue weighted by Gasteiger charge is -2.35. The number of hydrogen-bond donors (Lipinski definition) is 0. The van der Waals surface area contributed by atoms with Crippen molar-refractivity contribution in [3.8, 4) is 0 Å². The van der Waals surface area contributed by atoms with Crippen LogP contribution in [0.5, 0.6) is 0 Å². The molecule has 0 spiro atoms. The standard InChI is InChI=1S/C18H17N3O4/c1-3-16-17(13-7-5-4-6-8-13)20(23)18(2,19(16)22)14-9-11-15(12-10-14)21(24)25/h4-12H,3H2,1-2H3. The van der Waals surface area contributed by atoms with Gasteiger partial charge < -0.3 is 10.3 Å². The summed E-state index contributed by atoms with van der Waals surface area (Å²) < 4.78 is 0.704.